The average molecular weight is 327 g/mol. The third kappa shape index (κ3) is 6.55. The van der Waals surface area contributed by atoms with Gasteiger partial charge in [-0.05, 0) is 17.1 Å². The average Bonchev–Trinajstić information content (AvgIpc) is 2.82. The van der Waals surface area contributed by atoms with Crippen molar-refractivity contribution < 1.29 is 123 Å². The summed E-state index contributed by atoms with van der Waals surface area (Å²) in [6.45, 7) is 4.19. The molecule has 0 heterocycles. The van der Waals surface area contributed by atoms with Crippen molar-refractivity contribution in [2.45, 2.75) is 19.8 Å². The summed E-state index contributed by atoms with van der Waals surface area (Å²) in [4.78, 5) is 19.5. The Labute approximate surface area is 203 Å². The standard InChI is InChI=1S/C12H15NO.CH2O3.2K/c1-12(2)9(10(12)11(13)14)8-6-4-3-5-7-8;2-1(3)4;;/h3-7,9-10H,1-2H3,(H2,13,14);(H2,2,3,4);;/q;;2*+1/p-2. The number of hydrogen-bond donors (Lipinski definition) is 1. The molecule has 7 heteroatoms. The van der Waals surface area contributed by atoms with E-state index in [1.54, 1.807) is 0 Å². The minimum atomic E-state index is -2.33. The van der Waals surface area contributed by atoms with E-state index in [0.717, 1.165) is 0 Å². The van der Waals surface area contributed by atoms with Gasteiger partial charge in [0, 0.05) is 5.92 Å². The van der Waals surface area contributed by atoms with Crippen LogP contribution in [0.5, 0.6) is 0 Å². The van der Waals surface area contributed by atoms with Gasteiger partial charge in [0.25, 0.3) is 0 Å². The molecule has 1 amide bonds. The molecule has 1 fully saturated rings. The molecule has 0 aliphatic heterocycles. The molecule has 2 atom stereocenters. The topological polar surface area (TPSA) is 106 Å². The van der Waals surface area contributed by atoms with E-state index >= 15 is 0 Å². The van der Waals surface area contributed by atoms with Crippen molar-refractivity contribution >= 4 is 12.1 Å². The Kier molecular flexibility index (Phi) is 11.9. The minimum Gasteiger partial charge on any atom is -0.652 e. The summed E-state index contributed by atoms with van der Waals surface area (Å²) in [6, 6.07) is 10.1. The SMILES string of the molecule is CC1(C)C(C(N)=O)C1c1ccccc1.O=C([O-])[O-].[K+].[K+]. The molecular formula is C13H15K2NO4. The second kappa shape index (κ2) is 10.1. The second-order valence-electron chi connectivity index (χ2n) is 4.84. The third-order valence-corrected chi connectivity index (χ3v) is 3.29. The fourth-order valence-corrected chi connectivity index (χ4v) is 2.45. The summed E-state index contributed by atoms with van der Waals surface area (Å²) in [7, 11) is 0. The van der Waals surface area contributed by atoms with Crippen LogP contribution in [0.15, 0.2) is 30.3 Å². The summed E-state index contributed by atoms with van der Waals surface area (Å²) in [6.07, 6.45) is -2.33. The van der Waals surface area contributed by atoms with Gasteiger partial charge in [-0.25, -0.2) is 0 Å². The smallest absolute Gasteiger partial charge is 0.652 e. The van der Waals surface area contributed by atoms with Crippen molar-refractivity contribution in [3.63, 3.8) is 0 Å². The predicted molar refractivity (Wildman–Crippen MR) is 61.0 cm³/mol. The molecule has 2 rings (SSSR count). The normalized spacial score (nSPS) is 21.1. The quantitative estimate of drug-likeness (QED) is 0.545. The predicted octanol–water partition coefficient (Wildman–Crippen LogP) is -6.53. The number of nitrogens with two attached hydrogens (primary N) is 1. The summed E-state index contributed by atoms with van der Waals surface area (Å²) in [5.74, 6) is 0.134. The molecule has 1 aliphatic carbocycles. The number of rotatable bonds is 2. The van der Waals surface area contributed by atoms with Gasteiger partial charge in [-0.15, -0.1) is 0 Å². The van der Waals surface area contributed by atoms with Crippen LogP contribution >= 0.6 is 0 Å². The number of carboxylic acid groups (broad SMARTS) is 2. The maximum absolute atomic E-state index is 11.2. The van der Waals surface area contributed by atoms with Crippen LogP contribution in [0.4, 0.5) is 4.79 Å². The Morgan fingerprint density at radius 2 is 1.50 bits per heavy atom. The Morgan fingerprint density at radius 1 is 1.10 bits per heavy atom. The fourth-order valence-electron chi connectivity index (χ4n) is 2.45. The molecule has 1 aromatic rings. The first kappa shape index (κ1) is 23.5. The van der Waals surface area contributed by atoms with Crippen molar-refractivity contribution in [1.82, 2.24) is 0 Å². The van der Waals surface area contributed by atoms with E-state index in [-0.39, 0.29) is 120 Å². The molecule has 1 saturated carbocycles. The third-order valence-electron chi connectivity index (χ3n) is 3.29. The number of benzene rings is 1. The van der Waals surface area contributed by atoms with Crippen molar-refractivity contribution in [1.29, 1.82) is 0 Å². The van der Waals surface area contributed by atoms with Gasteiger partial charge in [0.1, 0.15) is 0 Å². The summed E-state index contributed by atoms with van der Waals surface area (Å²) in [5.41, 5.74) is 6.62. The molecule has 1 aliphatic rings. The van der Waals surface area contributed by atoms with E-state index in [0.29, 0.717) is 5.92 Å². The van der Waals surface area contributed by atoms with Crippen molar-refractivity contribution in [3.8, 4) is 0 Å². The van der Waals surface area contributed by atoms with Crippen LogP contribution < -0.4 is 119 Å². The van der Waals surface area contributed by atoms with E-state index in [1.165, 1.54) is 5.56 Å². The maximum Gasteiger partial charge on any atom is 1.00 e. The van der Waals surface area contributed by atoms with Crippen LogP contribution in [0.25, 0.3) is 0 Å². The van der Waals surface area contributed by atoms with E-state index in [4.69, 9.17) is 20.7 Å². The molecular weight excluding hydrogens is 312 g/mol. The van der Waals surface area contributed by atoms with Gasteiger partial charge in [0.2, 0.25) is 5.91 Å². The van der Waals surface area contributed by atoms with Gasteiger partial charge in [-0.3, -0.25) is 4.79 Å². The van der Waals surface area contributed by atoms with Gasteiger partial charge in [-0.2, -0.15) is 0 Å². The van der Waals surface area contributed by atoms with E-state index in [2.05, 4.69) is 26.0 Å². The molecule has 20 heavy (non-hydrogen) atoms. The van der Waals surface area contributed by atoms with Crippen LogP contribution in [0.3, 0.4) is 0 Å². The van der Waals surface area contributed by atoms with Crippen molar-refractivity contribution in [2.75, 3.05) is 0 Å². The molecule has 2 unspecified atom stereocenters. The molecule has 5 nitrogen and oxygen atoms in total. The van der Waals surface area contributed by atoms with Crippen molar-refractivity contribution in [2.24, 2.45) is 17.1 Å². The molecule has 2 N–H and O–H groups in total. The van der Waals surface area contributed by atoms with E-state index in [1.807, 2.05) is 18.2 Å². The Bertz CT molecular complexity index is 447. The summed E-state index contributed by atoms with van der Waals surface area (Å²) < 4.78 is 0. The molecule has 0 aromatic heterocycles. The first-order valence-electron chi connectivity index (χ1n) is 5.50. The Morgan fingerprint density at radius 3 is 1.80 bits per heavy atom. The Balaban J connectivity index is 0. The van der Waals surface area contributed by atoms with Gasteiger partial charge in [0.05, 0.1) is 5.92 Å². The van der Waals surface area contributed by atoms with E-state index in [9.17, 15) is 4.79 Å². The number of primary amides is 1. The molecule has 0 spiro atoms. The number of hydrogen-bond acceptors (Lipinski definition) is 4. The van der Waals surface area contributed by atoms with Crippen LogP contribution in [0, 0.1) is 11.3 Å². The van der Waals surface area contributed by atoms with Gasteiger partial charge >= 0.3 is 103 Å². The Hall–Kier alpha value is 1.23. The summed E-state index contributed by atoms with van der Waals surface area (Å²) >= 11 is 0. The van der Waals surface area contributed by atoms with Crippen LogP contribution in [-0.4, -0.2) is 12.1 Å². The maximum atomic E-state index is 11.2. The zero-order chi connectivity index (χ0) is 13.9. The van der Waals surface area contributed by atoms with Gasteiger partial charge in [0.15, 0.2) is 0 Å². The monoisotopic (exact) mass is 327 g/mol. The number of amides is 1. The molecule has 0 radical (unpaired) electrons. The fraction of sp³-hybridized carbons (Fsp3) is 0.385. The molecule has 98 valence electrons. The van der Waals surface area contributed by atoms with Crippen molar-refractivity contribution in [3.05, 3.63) is 35.9 Å². The molecule has 1 aromatic carbocycles. The zero-order valence-corrected chi connectivity index (χ0v) is 18.5. The van der Waals surface area contributed by atoms with Crippen LogP contribution in [-0.2, 0) is 4.79 Å². The van der Waals surface area contributed by atoms with E-state index < -0.39 is 6.16 Å². The van der Waals surface area contributed by atoms with Crippen LogP contribution in [0.1, 0.15) is 25.3 Å². The minimum absolute atomic E-state index is 0. The second-order valence-corrected chi connectivity index (χ2v) is 4.84. The van der Waals surface area contributed by atoms with Gasteiger partial charge < -0.3 is 20.7 Å². The number of carbonyl (C=O) groups excluding carboxylic acids is 2. The molecule has 0 saturated heterocycles. The summed E-state index contributed by atoms with van der Waals surface area (Å²) in [5, 5.41) is 16.7. The van der Waals surface area contributed by atoms with Crippen LogP contribution in [0.2, 0.25) is 0 Å². The zero-order valence-electron chi connectivity index (χ0n) is 12.3. The largest absolute Gasteiger partial charge is 1.00 e. The molecule has 0 bridgehead atoms. The van der Waals surface area contributed by atoms with Gasteiger partial charge in [-0.1, -0.05) is 44.2 Å². The first-order chi connectivity index (χ1) is 8.28. The number of carbonyl (C=O) groups is 2. The first-order valence-corrected chi connectivity index (χ1v) is 5.50.